The highest BCUT2D eigenvalue weighted by atomic mass is 127. The minimum absolute atomic E-state index is 0.178. The monoisotopic (exact) mass is 358 g/mol. The van der Waals surface area contributed by atoms with Crippen molar-refractivity contribution >= 4 is 45.8 Å². The van der Waals surface area contributed by atoms with Gasteiger partial charge in [-0.05, 0) is 40.9 Å². The number of H-pyrrole nitrogens is 1. The predicted octanol–water partition coefficient (Wildman–Crippen LogP) is 3.71. The molecule has 7 heteroatoms. The molecule has 2 rings (SSSR count). The lowest BCUT2D eigenvalue weighted by Gasteiger charge is -2.03. The molecule has 0 aliphatic rings. The van der Waals surface area contributed by atoms with E-state index in [2.05, 4.69) is 4.98 Å². The molecule has 1 heterocycles. The Morgan fingerprint density at radius 2 is 2.12 bits per heavy atom. The largest absolute Gasteiger partial charge is 0.331 e. The lowest BCUT2D eigenvalue weighted by atomic mass is 10.3. The van der Waals surface area contributed by atoms with Gasteiger partial charge in [0.1, 0.15) is 5.82 Å². The molecule has 0 unspecified atom stereocenters. The maximum absolute atomic E-state index is 13.3. The molecule has 2 nitrogen and oxygen atoms in total. The molecule has 0 radical (unpaired) electrons. The van der Waals surface area contributed by atoms with Gasteiger partial charge in [-0.1, -0.05) is 0 Å². The zero-order valence-corrected chi connectivity index (χ0v) is 10.8. The number of rotatable bonds is 2. The summed E-state index contributed by atoms with van der Waals surface area (Å²) < 4.78 is 39.7. The second kappa shape index (κ2) is 4.36. The number of hydrogen-bond donors (Lipinski definition) is 1. The summed E-state index contributed by atoms with van der Waals surface area (Å²) in [6, 6.07) is 2.76. The fourth-order valence-electron chi connectivity index (χ4n) is 1.47. The Balaban J connectivity index is 2.69. The molecule has 0 saturated heterocycles. The Morgan fingerprint density at radius 1 is 1.44 bits per heavy atom. The van der Waals surface area contributed by atoms with Crippen LogP contribution in [0.2, 0.25) is 0 Å². The maximum Gasteiger partial charge on any atom is 0.256 e. The molecule has 1 N–H and O–H groups in total. The SMILES string of the molecule is Fc1cc2c(cc1I)[nH]c(=S)n2CC(F)F. The molecule has 0 aliphatic heterocycles. The summed E-state index contributed by atoms with van der Waals surface area (Å²) in [6.45, 7) is -0.529. The van der Waals surface area contributed by atoms with Gasteiger partial charge in [0.15, 0.2) is 4.77 Å². The van der Waals surface area contributed by atoms with Gasteiger partial charge in [-0.15, -0.1) is 0 Å². The van der Waals surface area contributed by atoms with Crippen molar-refractivity contribution < 1.29 is 13.2 Å². The van der Waals surface area contributed by atoms with Crippen LogP contribution in [0, 0.1) is 14.2 Å². The highest BCUT2D eigenvalue weighted by molar-refractivity contribution is 14.1. The molecule has 0 bridgehead atoms. The second-order valence-corrected chi connectivity index (χ2v) is 4.76. The quantitative estimate of drug-likeness (QED) is 0.641. The number of aromatic nitrogens is 2. The van der Waals surface area contributed by atoms with Crippen molar-refractivity contribution in [1.29, 1.82) is 0 Å². The first-order chi connectivity index (χ1) is 7.49. The van der Waals surface area contributed by atoms with Crippen molar-refractivity contribution in [3.8, 4) is 0 Å². The summed E-state index contributed by atoms with van der Waals surface area (Å²) in [6.07, 6.45) is -2.52. The zero-order valence-electron chi connectivity index (χ0n) is 7.81. The topological polar surface area (TPSA) is 20.7 Å². The summed E-state index contributed by atoms with van der Waals surface area (Å²) in [7, 11) is 0. The van der Waals surface area contributed by atoms with E-state index in [1.54, 1.807) is 6.07 Å². The molecule has 0 amide bonds. The van der Waals surface area contributed by atoms with Crippen molar-refractivity contribution in [2.24, 2.45) is 0 Å². The molecule has 2 aromatic rings. The molecule has 86 valence electrons. The third-order valence-corrected chi connectivity index (χ3v) is 3.29. The van der Waals surface area contributed by atoms with E-state index in [9.17, 15) is 13.2 Å². The van der Waals surface area contributed by atoms with Crippen LogP contribution >= 0.6 is 34.8 Å². The van der Waals surface area contributed by atoms with Gasteiger partial charge in [-0.3, -0.25) is 0 Å². The van der Waals surface area contributed by atoms with Crippen molar-refractivity contribution in [3.05, 3.63) is 26.3 Å². The average Bonchev–Trinajstić information content (AvgIpc) is 2.45. The summed E-state index contributed by atoms with van der Waals surface area (Å²) in [5.74, 6) is -0.440. The van der Waals surface area contributed by atoms with Crippen LogP contribution in [-0.2, 0) is 6.54 Å². The van der Waals surface area contributed by atoms with Gasteiger partial charge in [0.25, 0.3) is 6.43 Å². The van der Waals surface area contributed by atoms with Crippen LogP contribution in [-0.4, -0.2) is 16.0 Å². The molecule has 0 aliphatic carbocycles. The van der Waals surface area contributed by atoms with E-state index in [0.717, 1.165) is 0 Å². The highest BCUT2D eigenvalue weighted by Crippen LogP contribution is 2.21. The van der Waals surface area contributed by atoms with Crippen LogP contribution in [0.15, 0.2) is 12.1 Å². The van der Waals surface area contributed by atoms with Crippen LogP contribution in [0.5, 0.6) is 0 Å². The Labute approximate surface area is 108 Å². The highest BCUT2D eigenvalue weighted by Gasteiger charge is 2.12. The number of benzene rings is 1. The number of nitrogens with zero attached hydrogens (tertiary/aromatic N) is 1. The third-order valence-electron chi connectivity index (χ3n) is 2.14. The van der Waals surface area contributed by atoms with E-state index in [1.165, 1.54) is 10.6 Å². The molecule has 0 spiro atoms. The molecule has 16 heavy (non-hydrogen) atoms. The molecular weight excluding hydrogens is 352 g/mol. The minimum atomic E-state index is -2.52. The van der Waals surface area contributed by atoms with Gasteiger partial charge in [0.2, 0.25) is 0 Å². The first-order valence-electron chi connectivity index (χ1n) is 4.34. The number of fused-ring (bicyclic) bond motifs is 1. The van der Waals surface area contributed by atoms with Crippen LogP contribution < -0.4 is 0 Å². The van der Waals surface area contributed by atoms with Crippen LogP contribution in [0.25, 0.3) is 11.0 Å². The first-order valence-corrected chi connectivity index (χ1v) is 5.83. The van der Waals surface area contributed by atoms with Crippen LogP contribution in [0.1, 0.15) is 0 Å². The van der Waals surface area contributed by atoms with E-state index in [-0.39, 0.29) is 4.77 Å². The van der Waals surface area contributed by atoms with Gasteiger partial charge < -0.3 is 9.55 Å². The van der Waals surface area contributed by atoms with Gasteiger partial charge in [-0.2, -0.15) is 0 Å². The van der Waals surface area contributed by atoms with Gasteiger partial charge in [0, 0.05) is 6.07 Å². The standard InChI is InChI=1S/C9H6F3IN2S/c10-4-1-7-6(2-5(4)13)14-9(16)15(7)3-8(11)12/h1-2,8H,3H2,(H,14,16). The second-order valence-electron chi connectivity index (χ2n) is 3.22. The smallest absolute Gasteiger partial charge is 0.256 e. The summed E-state index contributed by atoms with van der Waals surface area (Å²) in [5.41, 5.74) is 0.930. The molecule has 1 aromatic carbocycles. The molecule has 0 saturated carbocycles. The number of alkyl halides is 2. The number of imidazole rings is 1. The molecule has 1 aromatic heterocycles. The fourth-order valence-corrected chi connectivity index (χ4v) is 2.22. The summed E-state index contributed by atoms with van der Waals surface area (Å²) in [4.78, 5) is 2.77. The van der Waals surface area contributed by atoms with E-state index in [1.807, 2.05) is 22.6 Å². The van der Waals surface area contributed by atoms with Crippen LogP contribution in [0.4, 0.5) is 13.2 Å². The number of nitrogens with one attached hydrogen (secondary N) is 1. The Morgan fingerprint density at radius 3 is 2.75 bits per heavy atom. The molecule has 0 fully saturated rings. The van der Waals surface area contributed by atoms with E-state index in [0.29, 0.717) is 14.6 Å². The number of aromatic amines is 1. The van der Waals surface area contributed by atoms with Gasteiger partial charge in [0.05, 0.1) is 21.1 Å². The van der Waals surface area contributed by atoms with Crippen molar-refractivity contribution in [1.82, 2.24) is 9.55 Å². The van der Waals surface area contributed by atoms with Crippen molar-refractivity contribution in [2.75, 3.05) is 0 Å². The van der Waals surface area contributed by atoms with E-state index < -0.39 is 18.8 Å². The number of hydrogen-bond acceptors (Lipinski definition) is 1. The maximum atomic E-state index is 13.3. The van der Waals surface area contributed by atoms with Crippen molar-refractivity contribution in [2.45, 2.75) is 13.0 Å². The first kappa shape index (κ1) is 11.9. The zero-order chi connectivity index (χ0) is 11.9. The minimum Gasteiger partial charge on any atom is -0.331 e. The molecule has 0 atom stereocenters. The van der Waals surface area contributed by atoms with Crippen molar-refractivity contribution in [3.63, 3.8) is 0 Å². The lowest BCUT2D eigenvalue weighted by molar-refractivity contribution is 0.127. The Bertz CT molecular complexity index is 590. The third kappa shape index (κ3) is 2.10. The molecular formula is C9H6F3IN2S. The number of halogens is 4. The van der Waals surface area contributed by atoms with Gasteiger partial charge >= 0.3 is 0 Å². The van der Waals surface area contributed by atoms with Crippen LogP contribution in [0.3, 0.4) is 0 Å². The summed E-state index contributed by atoms with van der Waals surface area (Å²) in [5, 5.41) is 0. The normalized spacial score (nSPS) is 11.6. The lowest BCUT2D eigenvalue weighted by Crippen LogP contribution is -2.06. The van der Waals surface area contributed by atoms with Gasteiger partial charge in [-0.25, -0.2) is 13.2 Å². The Kier molecular flexibility index (Phi) is 3.24. The summed E-state index contributed by atoms with van der Waals surface area (Å²) >= 11 is 6.74. The average molecular weight is 358 g/mol. The fraction of sp³-hybridized carbons (Fsp3) is 0.222. The predicted molar refractivity (Wildman–Crippen MR) is 65.8 cm³/mol. The van der Waals surface area contributed by atoms with E-state index >= 15 is 0 Å². The Hall–Kier alpha value is -0.570. The van der Waals surface area contributed by atoms with E-state index in [4.69, 9.17) is 12.2 Å².